The van der Waals surface area contributed by atoms with Crippen molar-refractivity contribution in [2.75, 3.05) is 0 Å². The number of allylic oxidation sites excluding steroid dienone is 3. The lowest BCUT2D eigenvalue weighted by molar-refractivity contribution is 0.571. The predicted octanol–water partition coefficient (Wildman–Crippen LogP) is 1.30. The van der Waals surface area contributed by atoms with E-state index in [9.17, 15) is 4.21 Å². The van der Waals surface area contributed by atoms with Crippen LogP contribution in [0.2, 0.25) is 0 Å². The third-order valence-corrected chi connectivity index (χ3v) is 1.31. The Balaban J connectivity index is 3.99. The fraction of sp³-hybridized carbons (Fsp3) is 0.200. The molecule has 0 aliphatic rings. The highest BCUT2D eigenvalue weighted by atomic mass is 32.2. The van der Waals surface area contributed by atoms with Crippen LogP contribution in [0.25, 0.3) is 0 Å². The van der Waals surface area contributed by atoms with Gasteiger partial charge in [0.25, 0.3) is 0 Å². The standard InChI is InChI=1S/C5H8O2S/c1-3-4-5(2)8(6)7/h3-4H,1H2,2H3,(H,6,7)/b5-4+. The maximum Gasteiger partial charge on any atom is 0.181 e. The minimum absolute atomic E-state index is 0.417. The molecule has 0 aromatic rings. The zero-order valence-corrected chi connectivity index (χ0v) is 5.44. The Morgan fingerprint density at radius 3 is 2.50 bits per heavy atom. The summed E-state index contributed by atoms with van der Waals surface area (Å²) in [5.41, 5.74) is 0. The van der Waals surface area contributed by atoms with Crippen molar-refractivity contribution < 1.29 is 8.76 Å². The van der Waals surface area contributed by atoms with E-state index in [-0.39, 0.29) is 0 Å². The number of rotatable bonds is 2. The zero-order chi connectivity index (χ0) is 6.57. The minimum atomic E-state index is -1.82. The lowest BCUT2D eigenvalue weighted by Gasteiger charge is -1.86. The summed E-state index contributed by atoms with van der Waals surface area (Å²) in [5, 5.41) is 0. The molecule has 0 aromatic heterocycles. The molecule has 0 aliphatic carbocycles. The van der Waals surface area contributed by atoms with Crippen LogP contribution in [-0.2, 0) is 11.1 Å². The summed E-state index contributed by atoms with van der Waals surface area (Å²) in [6.45, 7) is 4.93. The topological polar surface area (TPSA) is 37.3 Å². The first-order valence-corrected chi connectivity index (χ1v) is 3.19. The second-order valence-corrected chi connectivity index (χ2v) is 2.40. The molecule has 46 valence electrons. The van der Waals surface area contributed by atoms with Crippen molar-refractivity contribution >= 4 is 11.1 Å². The van der Waals surface area contributed by atoms with Crippen molar-refractivity contribution in [2.45, 2.75) is 6.92 Å². The highest BCUT2D eigenvalue weighted by molar-refractivity contribution is 7.83. The summed E-state index contributed by atoms with van der Waals surface area (Å²) >= 11 is -1.82. The van der Waals surface area contributed by atoms with Crippen LogP contribution < -0.4 is 0 Å². The summed E-state index contributed by atoms with van der Waals surface area (Å²) in [6, 6.07) is 0. The number of hydrogen-bond donors (Lipinski definition) is 1. The molecule has 0 radical (unpaired) electrons. The van der Waals surface area contributed by atoms with Gasteiger partial charge < -0.3 is 4.55 Å². The normalized spacial score (nSPS) is 15.5. The van der Waals surface area contributed by atoms with Crippen LogP contribution in [0.4, 0.5) is 0 Å². The van der Waals surface area contributed by atoms with Gasteiger partial charge in [-0.3, -0.25) is 0 Å². The summed E-state index contributed by atoms with van der Waals surface area (Å²) in [7, 11) is 0. The quantitative estimate of drug-likeness (QED) is 0.454. The molecule has 0 heterocycles. The van der Waals surface area contributed by atoms with Crippen LogP contribution in [0, 0.1) is 0 Å². The van der Waals surface area contributed by atoms with Gasteiger partial charge in [-0.25, -0.2) is 4.21 Å². The van der Waals surface area contributed by atoms with E-state index in [2.05, 4.69) is 6.58 Å². The Morgan fingerprint density at radius 2 is 2.38 bits per heavy atom. The molecule has 1 N–H and O–H groups in total. The SMILES string of the molecule is C=C/C=C(\C)S(=O)O. The molecule has 0 bridgehead atoms. The Hall–Kier alpha value is -0.410. The molecule has 0 spiro atoms. The van der Waals surface area contributed by atoms with Gasteiger partial charge in [-0.2, -0.15) is 0 Å². The molecule has 8 heavy (non-hydrogen) atoms. The average molecular weight is 132 g/mol. The molecule has 0 amide bonds. The summed E-state index contributed by atoms with van der Waals surface area (Å²) in [4.78, 5) is 0.417. The van der Waals surface area contributed by atoms with Crippen molar-refractivity contribution in [1.82, 2.24) is 0 Å². The van der Waals surface area contributed by atoms with E-state index in [1.807, 2.05) is 0 Å². The Morgan fingerprint density at radius 1 is 1.88 bits per heavy atom. The minimum Gasteiger partial charge on any atom is -0.302 e. The summed E-state index contributed by atoms with van der Waals surface area (Å²) < 4.78 is 18.4. The monoisotopic (exact) mass is 132 g/mol. The molecule has 1 atom stereocenters. The van der Waals surface area contributed by atoms with Gasteiger partial charge in [-0.05, 0) is 13.0 Å². The van der Waals surface area contributed by atoms with E-state index >= 15 is 0 Å². The van der Waals surface area contributed by atoms with Crippen LogP contribution in [0.5, 0.6) is 0 Å². The molecular weight excluding hydrogens is 124 g/mol. The largest absolute Gasteiger partial charge is 0.302 e. The second kappa shape index (κ2) is 3.57. The summed E-state index contributed by atoms with van der Waals surface area (Å²) in [5.74, 6) is 0. The van der Waals surface area contributed by atoms with Crippen molar-refractivity contribution in [1.29, 1.82) is 0 Å². The van der Waals surface area contributed by atoms with E-state index < -0.39 is 11.1 Å². The number of hydrogen-bond acceptors (Lipinski definition) is 1. The lowest BCUT2D eigenvalue weighted by atomic mass is 10.5. The first-order chi connectivity index (χ1) is 3.68. The van der Waals surface area contributed by atoms with E-state index in [0.717, 1.165) is 0 Å². The van der Waals surface area contributed by atoms with Gasteiger partial charge in [0.1, 0.15) is 0 Å². The van der Waals surface area contributed by atoms with Gasteiger partial charge in [0.05, 0.1) is 0 Å². The van der Waals surface area contributed by atoms with E-state index in [1.165, 1.54) is 12.2 Å². The van der Waals surface area contributed by atoms with E-state index in [4.69, 9.17) is 4.55 Å². The first-order valence-electron chi connectivity index (χ1n) is 2.08. The van der Waals surface area contributed by atoms with Crippen molar-refractivity contribution in [2.24, 2.45) is 0 Å². The third-order valence-electron chi connectivity index (χ3n) is 0.628. The van der Waals surface area contributed by atoms with Gasteiger partial charge in [0.2, 0.25) is 0 Å². The fourth-order valence-electron chi connectivity index (χ4n) is 0.224. The molecule has 0 saturated heterocycles. The molecule has 0 saturated carbocycles. The van der Waals surface area contributed by atoms with Gasteiger partial charge in [0.15, 0.2) is 11.1 Å². The van der Waals surface area contributed by atoms with E-state index in [0.29, 0.717) is 4.91 Å². The maximum absolute atomic E-state index is 10.1. The van der Waals surface area contributed by atoms with Gasteiger partial charge in [-0.15, -0.1) is 0 Å². The van der Waals surface area contributed by atoms with Gasteiger partial charge >= 0.3 is 0 Å². The Labute approximate surface area is 51.2 Å². The molecule has 3 heteroatoms. The predicted molar refractivity (Wildman–Crippen MR) is 34.7 cm³/mol. The lowest BCUT2D eigenvalue weighted by Crippen LogP contribution is -1.84. The van der Waals surface area contributed by atoms with Gasteiger partial charge in [0, 0.05) is 4.91 Å². The zero-order valence-electron chi connectivity index (χ0n) is 4.63. The molecular formula is C5H8O2S. The van der Waals surface area contributed by atoms with Crippen molar-refractivity contribution in [3.05, 3.63) is 23.6 Å². The smallest absolute Gasteiger partial charge is 0.181 e. The summed E-state index contributed by atoms with van der Waals surface area (Å²) in [6.07, 6.45) is 2.97. The maximum atomic E-state index is 10.1. The van der Waals surface area contributed by atoms with Crippen LogP contribution in [0.3, 0.4) is 0 Å². The molecule has 0 aromatic carbocycles. The molecule has 0 aliphatic heterocycles. The van der Waals surface area contributed by atoms with Crippen LogP contribution in [0.1, 0.15) is 6.92 Å². The third kappa shape index (κ3) is 2.71. The molecule has 1 unspecified atom stereocenters. The molecule has 0 fully saturated rings. The fourth-order valence-corrected chi connectivity index (χ4v) is 0.437. The second-order valence-electron chi connectivity index (χ2n) is 1.26. The van der Waals surface area contributed by atoms with Crippen LogP contribution in [-0.4, -0.2) is 8.76 Å². The van der Waals surface area contributed by atoms with Gasteiger partial charge in [-0.1, -0.05) is 12.7 Å². The molecule has 2 nitrogen and oxygen atoms in total. The highest BCUT2D eigenvalue weighted by Crippen LogP contribution is 1.94. The van der Waals surface area contributed by atoms with E-state index in [1.54, 1.807) is 6.92 Å². The molecule has 0 rings (SSSR count). The highest BCUT2D eigenvalue weighted by Gasteiger charge is 1.90. The first kappa shape index (κ1) is 7.59. The van der Waals surface area contributed by atoms with Crippen molar-refractivity contribution in [3.8, 4) is 0 Å². The Kier molecular flexibility index (Phi) is 3.39. The van der Waals surface area contributed by atoms with Crippen molar-refractivity contribution in [3.63, 3.8) is 0 Å². The average Bonchev–Trinajstić information content (AvgIpc) is 1.67. The van der Waals surface area contributed by atoms with Crippen LogP contribution >= 0.6 is 0 Å². The Bertz CT molecular complexity index is 137. The van der Waals surface area contributed by atoms with Crippen LogP contribution in [0.15, 0.2) is 23.6 Å².